The summed E-state index contributed by atoms with van der Waals surface area (Å²) in [7, 11) is 0. The minimum Gasteiger partial charge on any atom is -0.487 e. The second kappa shape index (κ2) is 8.48. The fraction of sp³-hybridized carbons (Fsp3) is 0.500. The number of likely N-dealkylation sites (tertiary alicyclic amines) is 1. The second-order valence-electron chi connectivity index (χ2n) is 7.52. The maximum Gasteiger partial charge on any atom is 0.137 e. The van der Waals surface area contributed by atoms with E-state index in [2.05, 4.69) is 56.1 Å². The third-order valence-corrected chi connectivity index (χ3v) is 5.38. The molecule has 1 saturated heterocycles. The van der Waals surface area contributed by atoms with Crippen molar-refractivity contribution in [2.45, 2.75) is 52.0 Å². The van der Waals surface area contributed by atoms with Crippen molar-refractivity contribution in [3.63, 3.8) is 0 Å². The lowest BCUT2D eigenvalue weighted by atomic mass is 9.96. The molecule has 2 atom stereocenters. The van der Waals surface area contributed by atoms with E-state index in [1.54, 1.807) is 4.90 Å². The third kappa shape index (κ3) is 4.60. The molecule has 3 nitrogen and oxygen atoms in total. The van der Waals surface area contributed by atoms with Crippen molar-refractivity contribution in [1.29, 1.82) is 0 Å². The van der Waals surface area contributed by atoms with Crippen molar-refractivity contribution in [1.82, 2.24) is 4.98 Å². The van der Waals surface area contributed by atoms with Gasteiger partial charge in [-0.15, -0.1) is 0 Å². The van der Waals surface area contributed by atoms with Gasteiger partial charge in [0, 0.05) is 24.4 Å². The monoisotopic (exact) mass is 339 g/mol. The molecule has 1 aromatic carbocycles. The molecule has 0 saturated carbocycles. The number of benzene rings is 1. The summed E-state index contributed by atoms with van der Waals surface area (Å²) in [6.07, 6.45) is 7.78. The molecule has 0 aliphatic carbocycles. The molecule has 25 heavy (non-hydrogen) atoms. The van der Waals surface area contributed by atoms with E-state index in [1.807, 2.05) is 12.4 Å². The van der Waals surface area contributed by atoms with Crippen LogP contribution in [-0.2, 0) is 0 Å². The molecule has 1 aliphatic rings. The van der Waals surface area contributed by atoms with E-state index in [1.165, 1.54) is 42.5 Å². The van der Waals surface area contributed by atoms with Crippen LogP contribution in [0.5, 0.6) is 5.75 Å². The first-order chi connectivity index (χ1) is 12.1. The van der Waals surface area contributed by atoms with Crippen LogP contribution in [0.1, 0.15) is 61.8 Å². The lowest BCUT2D eigenvalue weighted by molar-refractivity contribution is -0.937. The average Bonchev–Trinajstić information content (AvgIpc) is 2.64. The summed E-state index contributed by atoms with van der Waals surface area (Å²) in [5, 5.41) is 0. The number of hydrogen-bond acceptors (Lipinski definition) is 2. The summed E-state index contributed by atoms with van der Waals surface area (Å²) in [5.41, 5.74) is 3.94. The van der Waals surface area contributed by atoms with Gasteiger partial charge in [0.25, 0.3) is 0 Å². The van der Waals surface area contributed by atoms with Gasteiger partial charge in [0.2, 0.25) is 0 Å². The van der Waals surface area contributed by atoms with Crippen LogP contribution in [0.2, 0.25) is 0 Å². The number of piperidine rings is 1. The maximum absolute atomic E-state index is 6.18. The second-order valence-corrected chi connectivity index (χ2v) is 7.52. The summed E-state index contributed by atoms with van der Waals surface area (Å²) < 4.78 is 6.18. The Labute approximate surface area is 152 Å². The van der Waals surface area contributed by atoms with E-state index in [9.17, 15) is 0 Å². The van der Waals surface area contributed by atoms with Crippen molar-refractivity contribution >= 4 is 0 Å². The molecule has 0 spiro atoms. The number of nitrogens with zero attached hydrogens (tertiary/aromatic N) is 1. The topological polar surface area (TPSA) is 26.6 Å². The van der Waals surface area contributed by atoms with E-state index < -0.39 is 0 Å². The molecule has 2 heterocycles. The lowest BCUT2D eigenvalue weighted by Crippen LogP contribution is -3.13. The van der Waals surface area contributed by atoms with Gasteiger partial charge in [-0.2, -0.15) is 0 Å². The largest absolute Gasteiger partial charge is 0.487 e. The number of nitrogens with one attached hydrogen (secondary N) is 1. The molecule has 1 aliphatic heterocycles. The normalized spacial score (nSPS) is 20.6. The van der Waals surface area contributed by atoms with Crippen molar-refractivity contribution in [2.75, 3.05) is 19.7 Å². The van der Waals surface area contributed by atoms with E-state index >= 15 is 0 Å². The van der Waals surface area contributed by atoms with Crippen LogP contribution in [-0.4, -0.2) is 24.7 Å². The lowest BCUT2D eigenvalue weighted by Gasteiger charge is -2.32. The summed E-state index contributed by atoms with van der Waals surface area (Å²) >= 11 is 0. The van der Waals surface area contributed by atoms with Crippen LogP contribution in [0, 0.1) is 6.92 Å². The summed E-state index contributed by atoms with van der Waals surface area (Å²) in [5.74, 6) is 1.58. The molecular weight excluding hydrogens is 308 g/mol. The Balaban J connectivity index is 1.61. The highest BCUT2D eigenvalue weighted by atomic mass is 16.5. The zero-order chi connectivity index (χ0) is 17.6. The number of rotatable bonds is 6. The standard InChI is InChI=1S/C22H30N2O/c1-17(2)19-10-9-18(3)22(15-19)25-14-13-24-12-5-4-8-21(24)20-7-6-11-23-16-20/h6-7,9-11,15-17,21H,4-5,8,12-14H2,1-3H3/p+1/t21-/m1/s1. The SMILES string of the molecule is Cc1ccc(C(C)C)cc1OCC[NH+]1CCCC[C@@H]1c1cccnc1. The van der Waals surface area contributed by atoms with Crippen molar-refractivity contribution in [3.05, 3.63) is 59.4 Å². The molecule has 1 fully saturated rings. The smallest absolute Gasteiger partial charge is 0.137 e. The zero-order valence-corrected chi connectivity index (χ0v) is 15.8. The third-order valence-electron chi connectivity index (χ3n) is 5.38. The molecule has 0 radical (unpaired) electrons. The van der Waals surface area contributed by atoms with Crippen LogP contribution >= 0.6 is 0 Å². The van der Waals surface area contributed by atoms with Crippen LogP contribution in [0.3, 0.4) is 0 Å². The Hall–Kier alpha value is -1.87. The highest BCUT2D eigenvalue weighted by molar-refractivity contribution is 5.37. The van der Waals surface area contributed by atoms with E-state index in [4.69, 9.17) is 4.74 Å². The van der Waals surface area contributed by atoms with Gasteiger partial charge in [-0.3, -0.25) is 4.98 Å². The average molecular weight is 340 g/mol. The van der Waals surface area contributed by atoms with Crippen LogP contribution in [0.25, 0.3) is 0 Å². The Morgan fingerprint density at radius 1 is 1.24 bits per heavy atom. The van der Waals surface area contributed by atoms with Gasteiger partial charge >= 0.3 is 0 Å². The highest BCUT2D eigenvalue weighted by Gasteiger charge is 2.27. The van der Waals surface area contributed by atoms with Gasteiger partial charge in [0.15, 0.2) is 0 Å². The minimum atomic E-state index is 0.533. The Morgan fingerprint density at radius 3 is 2.88 bits per heavy atom. The van der Waals surface area contributed by atoms with Crippen molar-refractivity contribution in [3.8, 4) is 5.75 Å². The van der Waals surface area contributed by atoms with Crippen LogP contribution < -0.4 is 9.64 Å². The van der Waals surface area contributed by atoms with Gasteiger partial charge in [-0.05, 0) is 48.9 Å². The fourth-order valence-corrected chi connectivity index (χ4v) is 3.79. The number of ether oxygens (including phenoxy) is 1. The van der Waals surface area contributed by atoms with Gasteiger partial charge < -0.3 is 9.64 Å². The first-order valence-electron chi connectivity index (χ1n) is 9.63. The first kappa shape index (κ1) is 17.9. The Kier molecular flexibility index (Phi) is 6.09. The van der Waals surface area contributed by atoms with Gasteiger partial charge in [0.05, 0.1) is 6.54 Å². The molecular formula is C22H31N2O+. The number of aryl methyl sites for hydroxylation is 1. The predicted octanol–water partition coefficient (Wildman–Crippen LogP) is 3.70. The van der Waals surface area contributed by atoms with Crippen molar-refractivity contribution < 1.29 is 9.64 Å². The summed E-state index contributed by atoms with van der Waals surface area (Å²) in [6, 6.07) is 11.4. The molecule has 0 amide bonds. The molecule has 3 rings (SSSR count). The van der Waals surface area contributed by atoms with E-state index in [0.29, 0.717) is 12.0 Å². The molecule has 1 unspecified atom stereocenters. The van der Waals surface area contributed by atoms with Gasteiger partial charge in [-0.1, -0.05) is 32.0 Å². The number of quaternary nitrogens is 1. The number of pyridine rings is 1. The first-order valence-corrected chi connectivity index (χ1v) is 9.63. The van der Waals surface area contributed by atoms with Crippen LogP contribution in [0.15, 0.2) is 42.7 Å². The van der Waals surface area contributed by atoms with E-state index in [-0.39, 0.29) is 0 Å². The van der Waals surface area contributed by atoms with E-state index in [0.717, 1.165) is 18.9 Å². The predicted molar refractivity (Wildman–Crippen MR) is 102 cm³/mol. The van der Waals surface area contributed by atoms with Crippen LogP contribution in [0.4, 0.5) is 0 Å². The summed E-state index contributed by atoms with van der Waals surface area (Å²) in [6.45, 7) is 9.63. The number of aromatic nitrogens is 1. The molecule has 1 aromatic heterocycles. The minimum absolute atomic E-state index is 0.533. The highest BCUT2D eigenvalue weighted by Crippen LogP contribution is 2.24. The maximum atomic E-state index is 6.18. The molecule has 134 valence electrons. The van der Waals surface area contributed by atoms with Crippen molar-refractivity contribution in [2.24, 2.45) is 0 Å². The van der Waals surface area contributed by atoms with Gasteiger partial charge in [0.1, 0.15) is 24.9 Å². The fourth-order valence-electron chi connectivity index (χ4n) is 3.79. The quantitative estimate of drug-likeness (QED) is 0.868. The Bertz CT molecular complexity index is 669. The molecule has 2 aromatic rings. The molecule has 3 heteroatoms. The Morgan fingerprint density at radius 2 is 2.12 bits per heavy atom. The molecule has 0 bridgehead atoms. The molecule has 1 N–H and O–H groups in total. The van der Waals surface area contributed by atoms with Gasteiger partial charge in [-0.25, -0.2) is 0 Å². The zero-order valence-electron chi connectivity index (χ0n) is 15.8. The number of hydrogen-bond donors (Lipinski definition) is 1. The summed E-state index contributed by atoms with van der Waals surface area (Å²) in [4.78, 5) is 5.95.